The van der Waals surface area contributed by atoms with Gasteiger partial charge in [-0.15, -0.1) is 12.4 Å². The van der Waals surface area contributed by atoms with Gasteiger partial charge in [-0.2, -0.15) is 0 Å². The fourth-order valence-electron chi connectivity index (χ4n) is 2.76. The maximum absolute atomic E-state index is 12.6. The number of para-hydroxylation sites is 1. The van der Waals surface area contributed by atoms with E-state index in [4.69, 9.17) is 5.73 Å². The normalized spacial score (nSPS) is 17.3. The number of nitrogens with zero attached hydrogens (tertiary/aromatic N) is 1. The van der Waals surface area contributed by atoms with Crippen molar-refractivity contribution in [3.05, 3.63) is 29.8 Å². The molecule has 3 N–H and O–H groups in total. The highest BCUT2D eigenvalue weighted by Gasteiger charge is 2.26. The maximum Gasteiger partial charge on any atom is 0.255 e. The summed E-state index contributed by atoms with van der Waals surface area (Å²) < 4.78 is 25.2. The van der Waals surface area contributed by atoms with E-state index < -0.39 is 10.0 Å². The number of piperidine rings is 1. The molecule has 1 saturated heterocycles. The molecule has 1 atom stereocenters. The molecule has 1 aliphatic rings. The number of benzene rings is 1. The number of carbonyl (C=O) groups is 1. The summed E-state index contributed by atoms with van der Waals surface area (Å²) in [5.41, 5.74) is 6.62. The van der Waals surface area contributed by atoms with Crippen molar-refractivity contribution in [1.82, 2.24) is 4.90 Å². The SMILES string of the molecule is CC(N)C1CCN(C(=O)c2ccccc2NS(C)(=O)=O)CC1.Cl. The van der Waals surface area contributed by atoms with Gasteiger partial charge in [-0.1, -0.05) is 12.1 Å². The van der Waals surface area contributed by atoms with E-state index in [1.165, 1.54) is 0 Å². The molecular formula is C15H24ClN3O3S. The quantitative estimate of drug-likeness (QED) is 0.853. The minimum atomic E-state index is -3.42. The minimum absolute atomic E-state index is 0. The summed E-state index contributed by atoms with van der Waals surface area (Å²) in [6.45, 7) is 3.30. The number of hydrogen-bond acceptors (Lipinski definition) is 4. The number of nitrogens with one attached hydrogen (secondary N) is 1. The highest BCUT2D eigenvalue weighted by atomic mass is 35.5. The number of carbonyl (C=O) groups excluding carboxylic acids is 1. The number of sulfonamides is 1. The maximum atomic E-state index is 12.6. The van der Waals surface area contributed by atoms with Crippen molar-refractivity contribution >= 4 is 34.0 Å². The van der Waals surface area contributed by atoms with E-state index >= 15 is 0 Å². The zero-order valence-electron chi connectivity index (χ0n) is 13.4. The molecule has 130 valence electrons. The molecule has 1 aromatic carbocycles. The van der Waals surface area contributed by atoms with Crippen LogP contribution in [-0.4, -0.2) is 44.6 Å². The fourth-order valence-corrected chi connectivity index (χ4v) is 3.33. The third kappa shape index (κ3) is 5.37. The Labute approximate surface area is 143 Å². The Balaban J connectivity index is 0.00000264. The zero-order valence-corrected chi connectivity index (χ0v) is 15.0. The average molecular weight is 362 g/mol. The Bertz CT molecular complexity index is 641. The number of rotatable bonds is 4. The van der Waals surface area contributed by atoms with Crippen LogP contribution in [0.3, 0.4) is 0 Å². The summed E-state index contributed by atoms with van der Waals surface area (Å²) in [7, 11) is -3.42. The lowest BCUT2D eigenvalue weighted by Gasteiger charge is -2.34. The molecule has 8 heteroatoms. The van der Waals surface area contributed by atoms with Crippen molar-refractivity contribution in [1.29, 1.82) is 0 Å². The summed E-state index contributed by atoms with van der Waals surface area (Å²) in [5, 5.41) is 0. The van der Waals surface area contributed by atoms with Crippen LogP contribution in [0.15, 0.2) is 24.3 Å². The lowest BCUT2D eigenvalue weighted by Crippen LogP contribution is -2.42. The second-order valence-corrected chi connectivity index (χ2v) is 7.66. The van der Waals surface area contributed by atoms with Crippen LogP contribution in [0.5, 0.6) is 0 Å². The van der Waals surface area contributed by atoms with Crippen molar-refractivity contribution in [2.24, 2.45) is 11.7 Å². The number of halogens is 1. The van der Waals surface area contributed by atoms with E-state index in [-0.39, 0.29) is 24.4 Å². The number of nitrogens with two attached hydrogens (primary N) is 1. The largest absolute Gasteiger partial charge is 0.339 e. The van der Waals surface area contributed by atoms with Gasteiger partial charge in [-0.25, -0.2) is 8.42 Å². The van der Waals surface area contributed by atoms with Crippen LogP contribution in [0.25, 0.3) is 0 Å². The molecule has 0 radical (unpaired) electrons. The molecule has 1 unspecified atom stereocenters. The van der Waals surface area contributed by atoms with Gasteiger partial charge in [0, 0.05) is 19.1 Å². The summed E-state index contributed by atoms with van der Waals surface area (Å²) in [6.07, 6.45) is 2.83. The van der Waals surface area contributed by atoms with Crippen molar-refractivity contribution in [3.63, 3.8) is 0 Å². The molecule has 1 heterocycles. The molecule has 2 rings (SSSR count). The molecule has 1 amide bonds. The van der Waals surface area contributed by atoms with Crippen LogP contribution < -0.4 is 10.5 Å². The Morgan fingerprint density at radius 2 is 1.87 bits per heavy atom. The Hall–Kier alpha value is -1.31. The highest BCUT2D eigenvalue weighted by molar-refractivity contribution is 7.92. The standard InChI is InChI=1S/C15H23N3O3S.ClH/c1-11(16)12-7-9-18(10-8-12)15(19)13-5-3-4-6-14(13)17-22(2,20)21;/h3-6,11-12,17H,7-10,16H2,1-2H3;1H. The lowest BCUT2D eigenvalue weighted by atomic mass is 9.90. The monoisotopic (exact) mass is 361 g/mol. The topological polar surface area (TPSA) is 92.5 Å². The van der Waals surface area contributed by atoms with Gasteiger partial charge in [-0.05, 0) is 37.8 Å². The summed E-state index contributed by atoms with van der Waals surface area (Å²) in [4.78, 5) is 14.4. The molecule has 1 aliphatic heterocycles. The van der Waals surface area contributed by atoms with Gasteiger partial charge in [0.1, 0.15) is 0 Å². The minimum Gasteiger partial charge on any atom is -0.339 e. The van der Waals surface area contributed by atoms with E-state index in [9.17, 15) is 13.2 Å². The van der Waals surface area contributed by atoms with Gasteiger partial charge in [-0.3, -0.25) is 9.52 Å². The molecule has 0 bridgehead atoms. The van der Waals surface area contributed by atoms with Gasteiger partial charge >= 0.3 is 0 Å². The van der Waals surface area contributed by atoms with Crippen molar-refractivity contribution in [3.8, 4) is 0 Å². The first kappa shape index (κ1) is 19.7. The summed E-state index contributed by atoms with van der Waals surface area (Å²) >= 11 is 0. The smallest absolute Gasteiger partial charge is 0.255 e. The molecular weight excluding hydrogens is 338 g/mol. The molecule has 1 fully saturated rings. The summed E-state index contributed by atoms with van der Waals surface area (Å²) in [6, 6.07) is 6.81. The molecule has 0 aromatic heterocycles. The van der Waals surface area contributed by atoms with Gasteiger partial charge < -0.3 is 10.6 Å². The summed E-state index contributed by atoms with van der Waals surface area (Å²) in [5.74, 6) is 0.295. The molecule has 0 aliphatic carbocycles. The van der Waals surface area contributed by atoms with E-state index in [2.05, 4.69) is 4.72 Å². The lowest BCUT2D eigenvalue weighted by molar-refractivity contribution is 0.0682. The molecule has 1 aromatic rings. The van der Waals surface area contributed by atoms with Gasteiger partial charge in [0.15, 0.2) is 0 Å². The van der Waals surface area contributed by atoms with E-state index in [1.54, 1.807) is 29.2 Å². The number of likely N-dealkylation sites (tertiary alicyclic amines) is 1. The predicted octanol–water partition coefficient (Wildman–Crippen LogP) is 1.68. The molecule has 6 nitrogen and oxygen atoms in total. The van der Waals surface area contributed by atoms with Gasteiger partial charge in [0.05, 0.1) is 17.5 Å². The molecule has 0 saturated carbocycles. The Morgan fingerprint density at radius 1 is 1.30 bits per heavy atom. The molecule has 23 heavy (non-hydrogen) atoms. The van der Waals surface area contributed by atoms with Gasteiger partial charge in [0.25, 0.3) is 5.91 Å². The number of hydrogen-bond donors (Lipinski definition) is 2. The average Bonchev–Trinajstić information content (AvgIpc) is 2.45. The van der Waals surface area contributed by atoms with E-state index in [1.807, 2.05) is 6.92 Å². The third-order valence-electron chi connectivity index (χ3n) is 4.02. The predicted molar refractivity (Wildman–Crippen MR) is 94.4 cm³/mol. The Morgan fingerprint density at radius 3 is 2.39 bits per heavy atom. The number of amides is 1. The number of anilines is 1. The van der Waals surface area contributed by atoms with Crippen LogP contribution in [0.4, 0.5) is 5.69 Å². The first-order valence-electron chi connectivity index (χ1n) is 7.39. The van der Waals surface area contributed by atoms with E-state index in [0.29, 0.717) is 30.3 Å². The van der Waals surface area contributed by atoms with Crippen LogP contribution in [-0.2, 0) is 10.0 Å². The second-order valence-electron chi connectivity index (χ2n) is 5.91. The van der Waals surface area contributed by atoms with Crippen LogP contribution in [0.2, 0.25) is 0 Å². The van der Waals surface area contributed by atoms with Crippen molar-refractivity contribution in [2.45, 2.75) is 25.8 Å². The second kappa shape index (κ2) is 7.99. The first-order valence-corrected chi connectivity index (χ1v) is 9.29. The Kier molecular flexibility index (Phi) is 6.85. The van der Waals surface area contributed by atoms with Crippen molar-refractivity contribution in [2.75, 3.05) is 24.1 Å². The van der Waals surface area contributed by atoms with Crippen molar-refractivity contribution < 1.29 is 13.2 Å². The molecule has 0 spiro atoms. The zero-order chi connectivity index (χ0) is 16.3. The van der Waals surface area contributed by atoms with E-state index in [0.717, 1.165) is 19.1 Å². The highest BCUT2D eigenvalue weighted by Crippen LogP contribution is 2.24. The fraction of sp³-hybridized carbons (Fsp3) is 0.533. The van der Waals surface area contributed by atoms with Gasteiger partial charge in [0.2, 0.25) is 10.0 Å². The van der Waals surface area contributed by atoms with Crippen LogP contribution in [0.1, 0.15) is 30.1 Å². The first-order chi connectivity index (χ1) is 10.3. The third-order valence-corrected chi connectivity index (χ3v) is 4.61. The van der Waals surface area contributed by atoms with Crippen LogP contribution in [0, 0.1) is 5.92 Å². The van der Waals surface area contributed by atoms with Crippen LogP contribution >= 0.6 is 12.4 Å².